The SMILES string of the molecule is CN(CCNC(=O)c1cc(F)cc(F)c1)c1ccccc1. The molecule has 0 atom stereocenters. The molecule has 0 saturated carbocycles. The lowest BCUT2D eigenvalue weighted by molar-refractivity contribution is 0.0954. The fraction of sp³-hybridized carbons (Fsp3) is 0.188. The van der Waals surface area contributed by atoms with Crippen molar-refractivity contribution in [2.24, 2.45) is 0 Å². The Kier molecular flexibility index (Phi) is 4.87. The van der Waals surface area contributed by atoms with Crippen molar-refractivity contribution in [1.29, 1.82) is 0 Å². The van der Waals surface area contributed by atoms with E-state index in [1.165, 1.54) is 0 Å². The van der Waals surface area contributed by atoms with E-state index in [2.05, 4.69) is 5.32 Å². The van der Waals surface area contributed by atoms with Crippen LogP contribution in [0.1, 0.15) is 10.4 Å². The molecule has 0 radical (unpaired) electrons. The molecule has 0 aliphatic rings. The van der Waals surface area contributed by atoms with Crippen LogP contribution in [0.3, 0.4) is 0 Å². The first-order valence-electron chi connectivity index (χ1n) is 6.57. The van der Waals surface area contributed by atoms with Gasteiger partial charge in [0.25, 0.3) is 5.91 Å². The van der Waals surface area contributed by atoms with Gasteiger partial charge in [0.2, 0.25) is 0 Å². The van der Waals surface area contributed by atoms with Gasteiger partial charge in [0, 0.05) is 37.5 Å². The Balaban J connectivity index is 1.87. The molecule has 2 aromatic rings. The molecule has 0 aliphatic carbocycles. The van der Waals surface area contributed by atoms with Gasteiger partial charge in [-0.15, -0.1) is 0 Å². The van der Waals surface area contributed by atoms with Gasteiger partial charge in [0.15, 0.2) is 0 Å². The Hall–Kier alpha value is -2.43. The Morgan fingerprint density at radius 2 is 1.71 bits per heavy atom. The Bertz CT molecular complexity index is 597. The first-order valence-corrected chi connectivity index (χ1v) is 6.57. The van der Waals surface area contributed by atoms with E-state index in [1.54, 1.807) is 0 Å². The van der Waals surface area contributed by atoms with Crippen LogP contribution in [0.15, 0.2) is 48.5 Å². The summed E-state index contributed by atoms with van der Waals surface area (Å²) in [5.74, 6) is -2.02. The maximum absolute atomic E-state index is 13.0. The Morgan fingerprint density at radius 3 is 2.33 bits per heavy atom. The quantitative estimate of drug-likeness (QED) is 0.918. The van der Waals surface area contributed by atoms with E-state index in [4.69, 9.17) is 0 Å². The number of likely N-dealkylation sites (N-methyl/N-ethyl adjacent to an activating group) is 1. The van der Waals surface area contributed by atoms with Crippen LogP contribution < -0.4 is 10.2 Å². The van der Waals surface area contributed by atoms with Gasteiger partial charge >= 0.3 is 0 Å². The third-order valence-corrected chi connectivity index (χ3v) is 3.05. The summed E-state index contributed by atoms with van der Waals surface area (Å²) in [7, 11) is 1.91. The van der Waals surface area contributed by atoms with Crippen molar-refractivity contribution in [1.82, 2.24) is 5.32 Å². The summed E-state index contributed by atoms with van der Waals surface area (Å²) in [6.07, 6.45) is 0. The largest absolute Gasteiger partial charge is 0.373 e. The predicted octanol–water partition coefficient (Wildman–Crippen LogP) is 2.83. The smallest absolute Gasteiger partial charge is 0.251 e. The highest BCUT2D eigenvalue weighted by molar-refractivity contribution is 5.94. The zero-order chi connectivity index (χ0) is 15.2. The normalized spacial score (nSPS) is 10.2. The van der Waals surface area contributed by atoms with E-state index >= 15 is 0 Å². The predicted molar refractivity (Wildman–Crippen MR) is 78.4 cm³/mol. The molecule has 0 unspecified atom stereocenters. The first-order chi connectivity index (χ1) is 10.1. The summed E-state index contributed by atoms with van der Waals surface area (Å²) in [6, 6.07) is 12.5. The molecule has 1 N–H and O–H groups in total. The molecule has 110 valence electrons. The van der Waals surface area contributed by atoms with Crippen molar-refractivity contribution in [3.63, 3.8) is 0 Å². The van der Waals surface area contributed by atoms with E-state index in [-0.39, 0.29) is 5.56 Å². The number of benzene rings is 2. The number of nitrogens with one attached hydrogen (secondary N) is 1. The Labute approximate surface area is 122 Å². The second-order valence-corrected chi connectivity index (χ2v) is 4.67. The van der Waals surface area contributed by atoms with E-state index < -0.39 is 17.5 Å². The monoisotopic (exact) mass is 290 g/mol. The van der Waals surface area contributed by atoms with Crippen molar-refractivity contribution >= 4 is 11.6 Å². The van der Waals surface area contributed by atoms with Crippen LogP contribution in [-0.4, -0.2) is 26.0 Å². The molecule has 3 nitrogen and oxygen atoms in total. The van der Waals surface area contributed by atoms with Crippen molar-refractivity contribution in [2.75, 3.05) is 25.0 Å². The molecule has 1 amide bonds. The van der Waals surface area contributed by atoms with Crippen molar-refractivity contribution in [3.8, 4) is 0 Å². The molecular formula is C16H16F2N2O. The number of anilines is 1. The number of nitrogens with zero attached hydrogens (tertiary/aromatic N) is 1. The fourth-order valence-electron chi connectivity index (χ4n) is 1.94. The molecule has 0 heterocycles. The minimum Gasteiger partial charge on any atom is -0.373 e. The molecular weight excluding hydrogens is 274 g/mol. The van der Waals surface area contributed by atoms with Gasteiger partial charge in [-0.3, -0.25) is 4.79 Å². The average molecular weight is 290 g/mol. The number of para-hydroxylation sites is 1. The van der Waals surface area contributed by atoms with Crippen LogP contribution in [-0.2, 0) is 0 Å². The van der Waals surface area contributed by atoms with Crippen LogP contribution in [0.4, 0.5) is 14.5 Å². The molecule has 5 heteroatoms. The maximum Gasteiger partial charge on any atom is 0.251 e. The number of hydrogen-bond donors (Lipinski definition) is 1. The van der Waals surface area contributed by atoms with Crippen LogP contribution in [0.5, 0.6) is 0 Å². The number of carbonyl (C=O) groups is 1. The third kappa shape index (κ3) is 4.27. The number of hydrogen-bond acceptors (Lipinski definition) is 2. The minimum absolute atomic E-state index is 0.0186. The van der Waals surface area contributed by atoms with E-state index in [1.807, 2.05) is 42.3 Å². The number of carbonyl (C=O) groups excluding carboxylic acids is 1. The topological polar surface area (TPSA) is 32.3 Å². The molecule has 0 fully saturated rings. The highest BCUT2D eigenvalue weighted by Crippen LogP contribution is 2.10. The van der Waals surface area contributed by atoms with E-state index in [9.17, 15) is 13.6 Å². The van der Waals surface area contributed by atoms with Gasteiger partial charge in [-0.25, -0.2) is 8.78 Å². The second kappa shape index (κ2) is 6.83. The summed E-state index contributed by atoms with van der Waals surface area (Å²) in [5.41, 5.74) is 1.01. The zero-order valence-corrected chi connectivity index (χ0v) is 11.6. The average Bonchev–Trinajstić information content (AvgIpc) is 2.47. The summed E-state index contributed by atoms with van der Waals surface area (Å²) in [6.45, 7) is 0.968. The van der Waals surface area contributed by atoms with Gasteiger partial charge in [-0.1, -0.05) is 18.2 Å². The van der Waals surface area contributed by atoms with Crippen LogP contribution >= 0.6 is 0 Å². The lowest BCUT2D eigenvalue weighted by Gasteiger charge is -2.19. The molecule has 2 rings (SSSR count). The zero-order valence-electron chi connectivity index (χ0n) is 11.6. The van der Waals surface area contributed by atoms with Gasteiger partial charge < -0.3 is 10.2 Å². The van der Waals surface area contributed by atoms with Gasteiger partial charge in [0.05, 0.1) is 0 Å². The van der Waals surface area contributed by atoms with Crippen molar-refractivity contribution in [2.45, 2.75) is 0 Å². The summed E-state index contributed by atoms with van der Waals surface area (Å²) in [4.78, 5) is 13.8. The number of rotatable bonds is 5. The number of amides is 1. The van der Waals surface area contributed by atoms with Crippen molar-refractivity contribution < 1.29 is 13.6 Å². The highest BCUT2D eigenvalue weighted by atomic mass is 19.1. The molecule has 0 saturated heterocycles. The van der Waals surface area contributed by atoms with Crippen LogP contribution in [0.2, 0.25) is 0 Å². The highest BCUT2D eigenvalue weighted by Gasteiger charge is 2.09. The summed E-state index contributed by atoms with van der Waals surface area (Å²) >= 11 is 0. The second-order valence-electron chi connectivity index (χ2n) is 4.67. The molecule has 21 heavy (non-hydrogen) atoms. The molecule has 0 aliphatic heterocycles. The van der Waals surface area contributed by atoms with Crippen LogP contribution in [0.25, 0.3) is 0 Å². The standard InChI is InChI=1S/C16H16F2N2O/c1-20(15-5-3-2-4-6-15)8-7-19-16(21)12-9-13(17)11-14(18)10-12/h2-6,9-11H,7-8H2,1H3,(H,19,21). The molecule has 0 spiro atoms. The minimum atomic E-state index is -0.762. The summed E-state index contributed by atoms with van der Waals surface area (Å²) in [5, 5.41) is 2.64. The fourth-order valence-corrected chi connectivity index (χ4v) is 1.94. The lowest BCUT2D eigenvalue weighted by atomic mass is 10.2. The van der Waals surface area contributed by atoms with Gasteiger partial charge in [0.1, 0.15) is 11.6 Å². The third-order valence-electron chi connectivity index (χ3n) is 3.05. The summed E-state index contributed by atoms with van der Waals surface area (Å²) < 4.78 is 26.1. The van der Waals surface area contributed by atoms with Crippen LogP contribution in [0, 0.1) is 11.6 Å². The van der Waals surface area contributed by atoms with E-state index in [0.29, 0.717) is 13.1 Å². The Morgan fingerprint density at radius 1 is 1.10 bits per heavy atom. The molecule has 0 aromatic heterocycles. The number of halogens is 2. The maximum atomic E-state index is 13.0. The molecule has 0 bridgehead atoms. The van der Waals surface area contributed by atoms with E-state index in [0.717, 1.165) is 23.9 Å². The van der Waals surface area contributed by atoms with Crippen molar-refractivity contribution in [3.05, 3.63) is 65.7 Å². The lowest BCUT2D eigenvalue weighted by Crippen LogP contribution is -2.33. The van der Waals surface area contributed by atoms with Gasteiger partial charge in [-0.2, -0.15) is 0 Å². The van der Waals surface area contributed by atoms with Gasteiger partial charge in [-0.05, 0) is 24.3 Å². The first kappa shape index (κ1) is 15.0. The molecule has 2 aromatic carbocycles.